The Hall–Kier alpha value is -1.48. The molecule has 0 amide bonds. The number of rotatable bonds is 3. The molecule has 2 aromatic rings. The molecule has 3 rings (SSSR count). The molecule has 1 aromatic heterocycles. The molecule has 1 aliphatic heterocycles. The third-order valence-electron chi connectivity index (χ3n) is 3.17. The molecular weight excluding hydrogens is 200 g/mol. The zero-order valence-corrected chi connectivity index (χ0v) is 9.20. The molecule has 0 radical (unpaired) electrons. The van der Waals surface area contributed by atoms with Gasteiger partial charge in [-0.2, -0.15) is 0 Å². The fourth-order valence-corrected chi connectivity index (χ4v) is 2.19. The van der Waals surface area contributed by atoms with Gasteiger partial charge in [-0.25, -0.2) is 0 Å². The van der Waals surface area contributed by atoms with Crippen LogP contribution in [0.5, 0.6) is 5.75 Å². The van der Waals surface area contributed by atoms with Crippen LogP contribution < -0.4 is 10.1 Å². The molecule has 1 aromatic carbocycles. The third kappa shape index (κ3) is 1.91. The zero-order valence-electron chi connectivity index (χ0n) is 9.20. The Kier molecular flexibility index (Phi) is 2.54. The smallest absolute Gasteiger partial charge is 0.120 e. The summed E-state index contributed by atoms with van der Waals surface area (Å²) in [4.78, 5) is 3.18. The van der Waals surface area contributed by atoms with Crippen molar-refractivity contribution in [2.45, 2.75) is 6.42 Å². The second kappa shape index (κ2) is 4.18. The topological polar surface area (TPSA) is 37.0 Å². The first-order valence-electron chi connectivity index (χ1n) is 5.82. The molecule has 1 unspecified atom stereocenters. The molecule has 3 heteroatoms. The van der Waals surface area contributed by atoms with Crippen molar-refractivity contribution >= 4 is 10.9 Å². The van der Waals surface area contributed by atoms with Crippen LogP contribution in [0.25, 0.3) is 10.9 Å². The SMILES string of the molecule is c1cc2cc(OCC3CCNC3)ccc2[nH]1. The van der Waals surface area contributed by atoms with Gasteiger partial charge in [0.05, 0.1) is 6.61 Å². The van der Waals surface area contributed by atoms with E-state index in [9.17, 15) is 0 Å². The Labute approximate surface area is 94.8 Å². The van der Waals surface area contributed by atoms with Crippen LogP contribution in [-0.4, -0.2) is 24.7 Å². The van der Waals surface area contributed by atoms with Gasteiger partial charge in [-0.1, -0.05) is 0 Å². The van der Waals surface area contributed by atoms with Gasteiger partial charge >= 0.3 is 0 Å². The number of hydrogen-bond donors (Lipinski definition) is 2. The van der Waals surface area contributed by atoms with Gasteiger partial charge in [-0.15, -0.1) is 0 Å². The summed E-state index contributed by atoms with van der Waals surface area (Å²) < 4.78 is 5.81. The molecular formula is C13H16N2O. The van der Waals surface area contributed by atoms with E-state index in [1.54, 1.807) is 0 Å². The maximum absolute atomic E-state index is 5.81. The van der Waals surface area contributed by atoms with Crippen LogP contribution in [0.2, 0.25) is 0 Å². The molecule has 2 heterocycles. The quantitative estimate of drug-likeness (QED) is 0.825. The number of aromatic nitrogens is 1. The first-order valence-corrected chi connectivity index (χ1v) is 5.82. The van der Waals surface area contributed by atoms with E-state index in [-0.39, 0.29) is 0 Å². The van der Waals surface area contributed by atoms with Crippen molar-refractivity contribution in [2.75, 3.05) is 19.7 Å². The highest BCUT2D eigenvalue weighted by molar-refractivity contribution is 5.80. The number of hydrogen-bond acceptors (Lipinski definition) is 2. The van der Waals surface area contributed by atoms with Crippen LogP contribution in [-0.2, 0) is 0 Å². The predicted molar refractivity (Wildman–Crippen MR) is 64.8 cm³/mol. The Morgan fingerprint density at radius 2 is 2.31 bits per heavy atom. The highest BCUT2D eigenvalue weighted by Gasteiger charge is 2.14. The van der Waals surface area contributed by atoms with Crippen molar-refractivity contribution in [3.05, 3.63) is 30.5 Å². The largest absolute Gasteiger partial charge is 0.493 e. The van der Waals surface area contributed by atoms with Crippen molar-refractivity contribution in [3.63, 3.8) is 0 Å². The van der Waals surface area contributed by atoms with E-state index < -0.39 is 0 Å². The predicted octanol–water partition coefficient (Wildman–Crippen LogP) is 2.16. The van der Waals surface area contributed by atoms with E-state index in [0.717, 1.165) is 31.0 Å². The molecule has 3 nitrogen and oxygen atoms in total. The number of benzene rings is 1. The monoisotopic (exact) mass is 216 g/mol. The van der Waals surface area contributed by atoms with Crippen molar-refractivity contribution in [3.8, 4) is 5.75 Å². The van der Waals surface area contributed by atoms with Gasteiger partial charge < -0.3 is 15.0 Å². The summed E-state index contributed by atoms with van der Waals surface area (Å²) in [6.07, 6.45) is 3.18. The molecule has 1 atom stereocenters. The fourth-order valence-electron chi connectivity index (χ4n) is 2.19. The van der Waals surface area contributed by atoms with Crippen LogP contribution in [0.4, 0.5) is 0 Å². The van der Waals surface area contributed by atoms with Gasteiger partial charge in [0.1, 0.15) is 5.75 Å². The van der Waals surface area contributed by atoms with E-state index in [1.807, 2.05) is 12.3 Å². The fraction of sp³-hybridized carbons (Fsp3) is 0.385. The lowest BCUT2D eigenvalue weighted by atomic mass is 10.1. The van der Waals surface area contributed by atoms with Gasteiger partial charge in [-0.05, 0) is 37.2 Å². The summed E-state index contributed by atoms with van der Waals surface area (Å²) in [6, 6.07) is 8.26. The summed E-state index contributed by atoms with van der Waals surface area (Å²) in [6.45, 7) is 3.04. The highest BCUT2D eigenvalue weighted by atomic mass is 16.5. The van der Waals surface area contributed by atoms with Crippen LogP contribution in [0.3, 0.4) is 0 Å². The maximum atomic E-state index is 5.81. The van der Waals surface area contributed by atoms with Crippen molar-refractivity contribution in [1.82, 2.24) is 10.3 Å². The second-order valence-electron chi connectivity index (χ2n) is 4.40. The average Bonchev–Trinajstić information content (AvgIpc) is 2.97. The normalized spacial score (nSPS) is 20.4. The van der Waals surface area contributed by atoms with Crippen molar-refractivity contribution in [1.29, 1.82) is 0 Å². The van der Waals surface area contributed by atoms with E-state index in [2.05, 4.69) is 28.5 Å². The lowest BCUT2D eigenvalue weighted by Gasteiger charge is -2.10. The second-order valence-corrected chi connectivity index (χ2v) is 4.40. The molecule has 1 saturated heterocycles. The minimum atomic E-state index is 0.668. The molecule has 1 fully saturated rings. The lowest BCUT2D eigenvalue weighted by Crippen LogP contribution is -2.15. The van der Waals surface area contributed by atoms with E-state index in [1.165, 1.54) is 11.8 Å². The minimum absolute atomic E-state index is 0.668. The van der Waals surface area contributed by atoms with Crippen molar-refractivity contribution in [2.24, 2.45) is 5.92 Å². The number of ether oxygens (including phenoxy) is 1. The Morgan fingerprint density at radius 1 is 1.31 bits per heavy atom. The van der Waals surface area contributed by atoms with Gasteiger partial charge in [-0.3, -0.25) is 0 Å². The Bertz CT molecular complexity index is 471. The minimum Gasteiger partial charge on any atom is -0.493 e. The van der Waals surface area contributed by atoms with Gasteiger partial charge in [0, 0.05) is 29.6 Å². The standard InChI is InChI=1S/C13H16N2O/c1-2-13-11(4-6-15-13)7-12(1)16-9-10-3-5-14-8-10/h1-2,4,6-7,10,14-15H,3,5,8-9H2. The summed E-state index contributed by atoms with van der Waals surface area (Å²) in [5, 5.41) is 4.56. The summed E-state index contributed by atoms with van der Waals surface area (Å²) >= 11 is 0. The van der Waals surface area contributed by atoms with Crippen LogP contribution in [0.1, 0.15) is 6.42 Å². The van der Waals surface area contributed by atoms with Gasteiger partial charge in [0.15, 0.2) is 0 Å². The lowest BCUT2D eigenvalue weighted by molar-refractivity contribution is 0.260. The summed E-state index contributed by atoms with van der Waals surface area (Å²) in [5.74, 6) is 1.64. The van der Waals surface area contributed by atoms with E-state index in [4.69, 9.17) is 4.74 Å². The highest BCUT2D eigenvalue weighted by Crippen LogP contribution is 2.20. The zero-order chi connectivity index (χ0) is 10.8. The molecule has 84 valence electrons. The van der Waals surface area contributed by atoms with Gasteiger partial charge in [0.2, 0.25) is 0 Å². The average molecular weight is 216 g/mol. The Morgan fingerprint density at radius 3 is 3.19 bits per heavy atom. The molecule has 0 bridgehead atoms. The summed E-state index contributed by atoms with van der Waals surface area (Å²) in [5.41, 5.74) is 1.16. The number of aromatic amines is 1. The number of fused-ring (bicyclic) bond motifs is 1. The van der Waals surface area contributed by atoms with Crippen LogP contribution in [0, 0.1) is 5.92 Å². The molecule has 16 heavy (non-hydrogen) atoms. The van der Waals surface area contributed by atoms with Crippen molar-refractivity contribution < 1.29 is 4.74 Å². The molecule has 0 saturated carbocycles. The molecule has 1 aliphatic rings. The summed E-state index contributed by atoms with van der Waals surface area (Å²) in [7, 11) is 0. The maximum Gasteiger partial charge on any atom is 0.120 e. The first-order chi connectivity index (χ1) is 7.92. The third-order valence-corrected chi connectivity index (χ3v) is 3.17. The van der Waals surface area contributed by atoms with Crippen LogP contribution >= 0.6 is 0 Å². The van der Waals surface area contributed by atoms with E-state index in [0.29, 0.717) is 5.92 Å². The molecule has 0 spiro atoms. The van der Waals surface area contributed by atoms with Crippen LogP contribution in [0.15, 0.2) is 30.5 Å². The number of nitrogens with one attached hydrogen (secondary N) is 2. The van der Waals surface area contributed by atoms with E-state index >= 15 is 0 Å². The molecule has 0 aliphatic carbocycles. The first kappa shape index (κ1) is 9.73. The Balaban J connectivity index is 1.68. The molecule has 2 N–H and O–H groups in total. The number of H-pyrrole nitrogens is 1. The van der Waals surface area contributed by atoms with Gasteiger partial charge in [0.25, 0.3) is 0 Å².